The molecule has 0 radical (unpaired) electrons. The number of carbonyl (C=O) groups is 1. The minimum atomic E-state index is -1.09. The number of phenols is 1. The number of fused-ring (bicyclic) bond motifs is 3. The van der Waals surface area contributed by atoms with Gasteiger partial charge in [0.1, 0.15) is 6.04 Å². The molecule has 5 rings (SSSR count). The van der Waals surface area contributed by atoms with Crippen LogP contribution >= 0.6 is 0 Å². The number of nitro groups is 1. The maximum Gasteiger partial charge on any atom is 0.315 e. The number of carbonyl (C=O) groups excluding carboxylic acids is 1. The molecule has 2 aromatic carbocycles. The quantitative estimate of drug-likeness (QED) is 0.466. The Bertz CT molecular complexity index is 1580. The Morgan fingerprint density at radius 3 is 2.35 bits per heavy atom. The summed E-state index contributed by atoms with van der Waals surface area (Å²) in [6, 6.07) is 7.77. The van der Waals surface area contributed by atoms with Crippen molar-refractivity contribution < 1.29 is 19.6 Å². The number of benzene rings is 2. The van der Waals surface area contributed by atoms with E-state index in [1.807, 2.05) is 13.8 Å². The minimum absolute atomic E-state index is 0.176. The molecule has 1 aliphatic carbocycles. The first-order chi connectivity index (χ1) is 16.1. The highest BCUT2D eigenvalue weighted by Gasteiger charge is 2.45. The highest BCUT2D eigenvalue weighted by molar-refractivity contribution is 6.04. The van der Waals surface area contributed by atoms with Crippen molar-refractivity contribution in [2.45, 2.75) is 32.7 Å². The van der Waals surface area contributed by atoms with Gasteiger partial charge in [0.25, 0.3) is 11.1 Å². The fraction of sp³-hybridized carbons (Fsp3) is 0.292. The van der Waals surface area contributed by atoms with Gasteiger partial charge in [0, 0.05) is 18.1 Å². The number of methoxy groups -OCH3 is 1. The van der Waals surface area contributed by atoms with Gasteiger partial charge in [-0.1, -0.05) is 26.0 Å². The van der Waals surface area contributed by atoms with E-state index in [9.17, 15) is 29.6 Å². The van der Waals surface area contributed by atoms with Crippen molar-refractivity contribution in [1.82, 2.24) is 9.36 Å². The highest BCUT2D eigenvalue weighted by Crippen LogP contribution is 2.48. The lowest BCUT2D eigenvalue weighted by Gasteiger charge is -2.30. The first-order valence-corrected chi connectivity index (χ1v) is 10.6. The van der Waals surface area contributed by atoms with E-state index in [-0.39, 0.29) is 39.9 Å². The van der Waals surface area contributed by atoms with Gasteiger partial charge >= 0.3 is 5.69 Å². The number of aromatic hydroxyl groups is 1. The first kappa shape index (κ1) is 21.6. The monoisotopic (exact) mass is 463 g/mol. The Labute approximate surface area is 192 Å². The first-order valence-electron chi connectivity index (χ1n) is 10.6. The third kappa shape index (κ3) is 2.91. The normalized spacial score (nSPS) is 18.7. The molecule has 3 aromatic rings. The number of nitro benzene ring substituents is 1. The standard InChI is InChI=1S/C24H21N3O7/c1-24(2)10-16-19(17(28)11-24)20(12-8-15(27(32)33)21(29)18(9-12)34-3)26-23(31)14-7-5-4-6-13(14)22(30)25(16)26/h4-9,20,29H,10-11H2,1-3H3. The predicted molar refractivity (Wildman–Crippen MR) is 123 cm³/mol. The van der Waals surface area contributed by atoms with Crippen LogP contribution < -0.4 is 15.9 Å². The summed E-state index contributed by atoms with van der Waals surface area (Å²) in [6.45, 7) is 3.82. The summed E-state index contributed by atoms with van der Waals surface area (Å²) in [6.07, 6.45) is 0.552. The molecule has 34 heavy (non-hydrogen) atoms. The molecule has 1 atom stereocenters. The Morgan fingerprint density at radius 2 is 1.74 bits per heavy atom. The molecule has 174 valence electrons. The molecule has 0 bridgehead atoms. The van der Waals surface area contributed by atoms with Gasteiger partial charge in [-0.05, 0) is 35.6 Å². The van der Waals surface area contributed by atoms with Crippen molar-refractivity contribution in [3.63, 3.8) is 0 Å². The Morgan fingerprint density at radius 1 is 1.09 bits per heavy atom. The lowest BCUT2D eigenvalue weighted by molar-refractivity contribution is -0.386. The van der Waals surface area contributed by atoms with Gasteiger partial charge in [-0.3, -0.25) is 24.5 Å². The molecule has 10 nitrogen and oxygen atoms in total. The molecule has 0 amide bonds. The van der Waals surface area contributed by atoms with Crippen molar-refractivity contribution in [1.29, 1.82) is 0 Å². The van der Waals surface area contributed by atoms with Crippen molar-refractivity contribution in [3.05, 3.63) is 78.4 Å². The number of ether oxygens (including phenoxy) is 1. The topological polar surface area (TPSA) is 134 Å². The number of nitrogens with zero attached hydrogens (tertiary/aromatic N) is 3. The van der Waals surface area contributed by atoms with Gasteiger partial charge in [0.15, 0.2) is 11.5 Å². The molecule has 0 spiro atoms. The summed E-state index contributed by atoms with van der Waals surface area (Å²) in [4.78, 5) is 51.5. The second-order valence-electron chi connectivity index (χ2n) is 9.36. The van der Waals surface area contributed by atoms with E-state index in [1.165, 1.54) is 28.6 Å². The third-order valence-electron chi connectivity index (χ3n) is 6.48. The van der Waals surface area contributed by atoms with Crippen LogP contribution in [-0.2, 0) is 4.79 Å². The smallest absolute Gasteiger partial charge is 0.315 e. The molecular formula is C24H21N3O7. The molecule has 10 heteroatoms. The van der Waals surface area contributed by atoms with Crippen molar-refractivity contribution in [3.8, 4) is 11.5 Å². The van der Waals surface area contributed by atoms with Crippen LogP contribution in [0.3, 0.4) is 0 Å². The van der Waals surface area contributed by atoms with Crippen LogP contribution in [0.5, 0.6) is 11.5 Å². The number of allylic oxidation sites excluding steroid dienone is 2. The van der Waals surface area contributed by atoms with Gasteiger partial charge in [-0.15, -0.1) is 0 Å². The number of hydrogen-bond acceptors (Lipinski definition) is 7. The maximum atomic E-state index is 13.7. The number of ketones is 1. The zero-order valence-corrected chi connectivity index (χ0v) is 18.7. The molecule has 1 unspecified atom stereocenters. The van der Waals surface area contributed by atoms with Gasteiger partial charge in [-0.2, -0.15) is 0 Å². The van der Waals surface area contributed by atoms with Crippen LogP contribution in [0, 0.1) is 15.5 Å². The van der Waals surface area contributed by atoms with Crippen LogP contribution in [-0.4, -0.2) is 32.3 Å². The molecule has 0 saturated heterocycles. The predicted octanol–water partition coefficient (Wildman–Crippen LogP) is 2.99. The second kappa shape index (κ2) is 7.14. The largest absolute Gasteiger partial charge is 0.500 e. The second-order valence-corrected chi connectivity index (χ2v) is 9.36. The summed E-state index contributed by atoms with van der Waals surface area (Å²) in [5.41, 5.74) is -1.19. The molecular weight excluding hydrogens is 442 g/mol. The Kier molecular flexibility index (Phi) is 4.54. The van der Waals surface area contributed by atoms with Crippen LogP contribution in [0.15, 0.2) is 51.6 Å². The lowest BCUT2D eigenvalue weighted by atomic mass is 9.74. The molecule has 2 aliphatic rings. The van der Waals surface area contributed by atoms with Crippen LogP contribution in [0.25, 0.3) is 16.5 Å². The van der Waals surface area contributed by atoms with Crippen LogP contribution in [0.1, 0.15) is 38.3 Å². The minimum Gasteiger partial charge on any atom is -0.500 e. The zero-order chi connectivity index (χ0) is 24.5. The zero-order valence-electron chi connectivity index (χ0n) is 18.7. The molecule has 1 aromatic heterocycles. The van der Waals surface area contributed by atoms with E-state index in [2.05, 4.69) is 0 Å². The van der Waals surface area contributed by atoms with E-state index in [0.717, 1.165) is 6.07 Å². The number of phenolic OH excluding ortho intramolecular Hbond substituents is 1. The number of hydrogen-bond donors (Lipinski definition) is 1. The van der Waals surface area contributed by atoms with Crippen molar-refractivity contribution in [2.24, 2.45) is 5.41 Å². The van der Waals surface area contributed by atoms with Crippen LogP contribution in [0.2, 0.25) is 0 Å². The number of Topliss-reactive ketones (excluding diaryl/α,β-unsaturated/α-hetero) is 1. The van der Waals surface area contributed by atoms with E-state index in [4.69, 9.17) is 4.74 Å². The summed E-state index contributed by atoms with van der Waals surface area (Å²) in [5.74, 6) is -1.09. The molecule has 0 saturated carbocycles. The van der Waals surface area contributed by atoms with E-state index < -0.39 is 38.9 Å². The lowest BCUT2D eigenvalue weighted by Crippen LogP contribution is -2.37. The van der Waals surface area contributed by atoms with E-state index >= 15 is 0 Å². The summed E-state index contributed by atoms with van der Waals surface area (Å²) in [7, 11) is 1.24. The molecule has 1 aliphatic heterocycles. The number of aromatic nitrogens is 2. The number of rotatable bonds is 3. The maximum absolute atomic E-state index is 13.7. The van der Waals surface area contributed by atoms with Gasteiger partial charge in [-0.25, -0.2) is 9.36 Å². The fourth-order valence-corrected chi connectivity index (χ4v) is 5.07. The third-order valence-corrected chi connectivity index (χ3v) is 6.48. The SMILES string of the molecule is COc1cc(C2C3=C(CC(C)(C)CC3=O)n3c(=O)c4ccccc4c(=O)n32)cc([N+](=O)[O-])c1O. The van der Waals surface area contributed by atoms with Crippen molar-refractivity contribution in [2.75, 3.05) is 7.11 Å². The van der Waals surface area contributed by atoms with Gasteiger partial charge < -0.3 is 9.84 Å². The van der Waals surface area contributed by atoms with E-state index in [0.29, 0.717) is 12.1 Å². The molecule has 1 N–H and O–H groups in total. The van der Waals surface area contributed by atoms with E-state index in [1.54, 1.807) is 18.2 Å². The summed E-state index contributed by atoms with van der Waals surface area (Å²) < 4.78 is 7.58. The van der Waals surface area contributed by atoms with Crippen LogP contribution in [0.4, 0.5) is 5.69 Å². The van der Waals surface area contributed by atoms with Gasteiger partial charge in [0.2, 0.25) is 5.75 Å². The highest BCUT2D eigenvalue weighted by atomic mass is 16.6. The van der Waals surface area contributed by atoms with Gasteiger partial charge in [0.05, 0.1) is 28.5 Å². The Balaban J connectivity index is 1.93. The Hall–Kier alpha value is -4.21. The molecule has 2 heterocycles. The average molecular weight is 463 g/mol. The average Bonchev–Trinajstić information content (AvgIpc) is 3.12. The summed E-state index contributed by atoms with van der Waals surface area (Å²) >= 11 is 0. The van der Waals surface area contributed by atoms with Crippen molar-refractivity contribution >= 4 is 27.9 Å². The fourth-order valence-electron chi connectivity index (χ4n) is 5.07. The molecule has 0 fully saturated rings. The summed E-state index contributed by atoms with van der Waals surface area (Å²) in [5, 5.41) is 22.3.